The summed E-state index contributed by atoms with van der Waals surface area (Å²) in [5.41, 5.74) is 3.25. The molecule has 1 amide bonds. The molecule has 13 heteroatoms. The molecule has 168 valence electrons. The second kappa shape index (κ2) is 9.92. The Morgan fingerprint density at radius 3 is 2.56 bits per heavy atom. The van der Waals surface area contributed by atoms with E-state index in [9.17, 15) is 19.1 Å². The summed E-state index contributed by atoms with van der Waals surface area (Å²) in [4.78, 5) is 23.7. The second-order valence-electron chi connectivity index (χ2n) is 6.64. The van der Waals surface area contributed by atoms with Crippen LogP contribution in [0.4, 0.5) is 4.39 Å². The van der Waals surface area contributed by atoms with Crippen LogP contribution in [0.15, 0.2) is 42.6 Å². The summed E-state index contributed by atoms with van der Waals surface area (Å²) in [7, 11) is 0. The zero-order valence-corrected chi connectivity index (χ0v) is 17.6. The summed E-state index contributed by atoms with van der Waals surface area (Å²) in [6.07, 6.45) is -0.870. The first-order chi connectivity index (χ1) is 15.1. The number of carboxylic acids is 1. The van der Waals surface area contributed by atoms with Crippen LogP contribution in [0.25, 0.3) is 11.1 Å². The fourth-order valence-electron chi connectivity index (χ4n) is 2.80. The highest BCUT2D eigenvalue weighted by Gasteiger charge is 2.22. The molecule has 1 aromatic heterocycles. The molecule has 0 aliphatic carbocycles. The Balaban J connectivity index is 1.83. The van der Waals surface area contributed by atoms with Crippen molar-refractivity contribution in [1.82, 2.24) is 25.6 Å². The van der Waals surface area contributed by atoms with E-state index in [4.69, 9.17) is 33.5 Å². The predicted octanol–water partition coefficient (Wildman–Crippen LogP) is 2.22. The Labute approximate surface area is 190 Å². The van der Waals surface area contributed by atoms with E-state index < -0.39 is 30.3 Å². The number of hydrogen-bond acceptors (Lipinski definition) is 7. The Morgan fingerprint density at radius 2 is 1.94 bits per heavy atom. The van der Waals surface area contributed by atoms with Crippen molar-refractivity contribution in [1.29, 1.82) is 0 Å². The molecule has 1 heterocycles. The van der Waals surface area contributed by atoms with Gasteiger partial charge in [0.25, 0.3) is 5.91 Å². The summed E-state index contributed by atoms with van der Waals surface area (Å²) in [5, 5.41) is 36.2. The molecule has 0 aliphatic heterocycles. The summed E-state index contributed by atoms with van der Waals surface area (Å²) in [6.45, 7) is -0.544. The number of rotatable bonds is 8. The average molecular weight is 484 g/mol. The molecule has 0 spiro atoms. The SMILES string of the molecule is O=C(NN(Cc1ccc(-c2cc(Cl)ccc2F)c(Cl)c1)C[C@@H](O)C(=O)O)c1cn(O)nn1. The fourth-order valence-corrected chi connectivity index (χ4v) is 3.27. The van der Waals surface area contributed by atoms with Crippen LogP contribution in [0.5, 0.6) is 0 Å². The number of nitrogens with one attached hydrogen (secondary N) is 1. The van der Waals surface area contributed by atoms with Crippen molar-refractivity contribution in [3.05, 3.63) is 69.7 Å². The zero-order valence-electron chi connectivity index (χ0n) is 16.1. The van der Waals surface area contributed by atoms with Gasteiger partial charge in [0.2, 0.25) is 0 Å². The van der Waals surface area contributed by atoms with E-state index in [1.165, 1.54) is 24.3 Å². The largest absolute Gasteiger partial charge is 0.479 e. The van der Waals surface area contributed by atoms with Crippen molar-refractivity contribution in [2.24, 2.45) is 0 Å². The van der Waals surface area contributed by atoms with Crippen molar-refractivity contribution in [3.8, 4) is 11.1 Å². The number of aliphatic hydroxyl groups is 1. The normalized spacial score (nSPS) is 12.0. The zero-order chi connectivity index (χ0) is 23.4. The van der Waals surface area contributed by atoms with E-state index in [0.29, 0.717) is 21.0 Å². The number of hydrogen-bond donors (Lipinski definition) is 4. The number of carboxylic acid groups (broad SMARTS) is 1. The predicted molar refractivity (Wildman–Crippen MR) is 111 cm³/mol. The lowest BCUT2D eigenvalue weighted by Crippen LogP contribution is -2.47. The van der Waals surface area contributed by atoms with Crippen LogP contribution in [0.2, 0.25) is 10.0 Å². The highest BCUT2D eigenvalue weighted by molar-refractivity contribution is 6.34. The van der Waals surface area contributed by atoms with Crippen molar-refractivity contribution in [3.63, 3.8) is 0 Å². The van der Waals surface area contributed by atoms with Crippen LogP contribution >= 0.6 is 23.2 Å². The lowest BCUT2D eigenvalue weighted by Gasteiger charge is -2.24. The second-order valence-corrected chi connectivity index (χ2v) is 7.48. The third-order valence-corrected chi connectivity index (χ3v) is 4.83. The number of amides is 1. The van der Waals surface area contributed by atoms with E-state index >= 15 is 0 Å². The van der Waals surface area contributed by atoms with Crippen LogP contribution in [0.3, 0.4) is 0 Å². The monoisotopic (exact) mass is 483 g/mol. The number of benzene rings is 2. The molecule has 0 fully saturated rings. The van der Waals surface area contributed by atoms with E-state index in [1.54, 1.807) is 12.1 Å². The first-order valence-electron chi connectivity index (χ1n) is 8.96. The van der Waals surface area contributed by atoms with Gasteiger partial charge in [0, 0.05) is 27.7 Å². The smallest absolute Gasteiger partial charge is 0.333 e. The summed E-state index contributed by atoms with van der Waals surface area (Å²) < 4.78 is 14.2. The number of halogens is 3. The van der Waals surface area contributed by atoms with Crippen molar-refractivity contribution in [2.75, 3.05) is 6.54 Å². The molecular formula is C19H16Cl2FN5O5. The number of nitrogens with zero attached hydrogens (tertiary/aromatic N) is 4. The minimum atomic E-state index is -1.81. The Hall–Kier alpha value is -3.25. The highest BCUT2D eigenvalue weighted by Crippen LogP contribution is 2.32. The van der Waals surface area contributed by atoms with Crippen LogP contribution in [0.1, 0.15) is 16.1 Å². The van der Waals surface area contributed by atoms with E-state index in [0.717, 1.165) is 11.2 Å². The molecular weight excluding hydrogens is 468 g/mol. The first kappa shape index (κ1) is 23.4. The molecule has 2 aromatic carbocycles. The molecule has 1 atom stereocenters. The quantitative estimate of drug-likeness (QED) is 0.282. The molecule has 0 aliphatic rings. The molecule has 0 saturated carbocycles. The Kier molecular flexibility index (Phi) is 7.26. The number of carbonyl (C=O) groups excluding carboxylic acids is 1. The number of aliphatic carboxylic acids is 1. The van der Waals surface area contributed by atoms with Gasteiger partial charge in [0.05, 0.1) is 12.7 Å². The Bertz CT molecular complexity index is 1160. The van der Waals surface area contributed by atoms with Crippen molar-refractivity contribution in [2.45, 2.75) is 12.6 Å². The molecule has 3 rings (SSSR count). The standard InChI is InChI=1S/C19H16Cl2FN5O5/c20-11-2-4-15(22)13(6-11)12-3-1-10(5-14(12)21)7-26(9-17(28)19(30)31)24-18(29)16-8-27(32)25-23-16/h1-6,8,17,28,32H,7,9H2,(H,24,29)(H,30,31)/t17-/m1/s1. The van der Waals surface area contributed by atoms with Gasteiger partial charge in [0.1, 0.15) is 5.82 Å². The number of aromatic nitrogens is 3. The molecule has 0 unspecified atom stereocenters. The minimum absolute atomic E-state index is 0.0681. The lowest BCUT2D eigenvalue weighted by molar-refractivity contribution is -0.148. The summed E-state index contributed by atoms with van der Waals surface area (Å²) in [5.74, 6) is -2.80. The topological polar surface area (TPSA) is 141 Å². The molecule has 4 N–H and O–H groups in total. The van der Waals surface area contributed by atoms with Crippen LogP contribution in [-0.2, 0) is 11.3 Å². The molecule has 0 bridgehead atoms. The van der Waals surface area contributed by atoms with Gasteiger partial charge < -0.3 is 15.4 Å². The van der Waals surface area contributed by atoms with E-state index in [-0.39, 0.29) is 22.8 Å². The molecule has 10 nitrogen and oxygen atoms in total. The Morgan fingerprint density at radius 1 is 1.19 bits per heavy atom. The summed E-state index contributed by atoms with van der Waals surface area (Å²) >= 11 is 12.3. The third kappa shape index (κ3) is 5.71. The maximum absolute atomic E-state index is 14.2. The van der Waals surface area contributed by atoms with Crippen LogP contribution in [-0.4, -0.2) is 60.1 Å². The van der Waals surface area contributed by atoms with Crippen LogP contribution < -0.4 is 5.43 Å². The number of hydrazine groups is 1. The first-order valence-corrected chi connectivity index (χ1v) is 9.72. The minimum Gasteiger partial charge on any atom is -0.479 e. The average Bonchev–Trinajstić information content (AvgIpc) is 3.16. The molecule has 32 heavy (non-hydrogen) atoms. The molecule has 0 radical (unpaired) electrons. The van der Waals surface area contributed by atoms with E-state index in [1.807, 2.05) is 0 Å². The number of aliphatic hydroxyl groups excluding tert-OH is 1. The van der Waals surface area contributed by atoms with Gasteiger partial charge in [0.15, 0.2) is 11.8 Å². The number of carbonyl (C=O) groups is 2. The van der Waals surface area contributed by atoms with Gasteiger partial charge in [-0.25, -0.2) is 14.2 Å². The maximum Gasteiger partial charge on any atom is 0.333 e. The lowest BCUT2D eigenvalue weighted by atomic mass is 10.0. The summed E-state index contributed by atoms with van der Waals surface area (Å²) in [6, 6.07) is 8.71. The highest BCUT2D eigenvalue weighted by atomic mass is 35.5. The molecule has 0 saturated heterocycles. The van der Waals surface area contributed by atoms with Gasteiger partial charge in [-0.05, 0) is 35.0 Å². The van der Waals surface area contributed by atoms with Gasteiger partial charge in [-0.1, -0.05) is 40.2 Å². The maximum atomic E-state index is 14.2. The van der Waals surface area contributed by atoms with Crippen molar-refractivity contribution >= 4 is 35.1 Å². The fraction of sp³-hybridized carbons (Fsp3) is 0.158. The van der Waals surface area contributed by atoms with Gasteiger partial charge in [-0.2, -0.15) is 0 Å². The van der Waals surface area contributed by atoms with Gasteiger partial charge in [-0.15, -0.1) is 5.10 Å². The van der Waals surface area contributed by atoms with E-state index in [2.05, 4.69) is 15.7 Å². The molecule has 3 aromatic rings. The van der Waals surface area contributed by atoms with Gasteiger partial charge >= 0.3 is 5.97 Å². The van der Waals surface area contributed by atoms with Gasteiger partial charge in [-0.3, -0.25) is 10.2 Å². The third-order valence-electron chi connectivity index (χ3n) is 4.28. The van der Waals surface area contributed by atoms with Crippen molar-refractivity contribution < 1.29 is 29.4 Å². The van der Waals surface area contributed by atoms with Crippen LogP contribution in [0, 0.1) is 5.82 Å².